The SMILES string of the molecule is CN(C(=O)/C=C/c1nnc2c3ccccc3cnn12)C1CCCCC1. The molecular formula is C19H21N5O. The quantitative estimate of drug-likeness (QED) is 0.690. The Labute approximate surface area is 146 Å². The second-order valence-electron chi connectivity index (χ2n) is 6.60. The molecule has 4 rings (SSSR count). The molecule has 0 unspecified atom stereocenters. The average molecular weight is 335 g/mol. The lowest BCUT2D eigenvalue weighted by atomic mass is 9.94. The molecule has 1 amide bonds. The lowest BCUT2D eigenvalue weighted by Crippen LogP contribution is -2.37. The van der Waals surface area contributed by atoms with Crippen LogP contribution in [-0.4, -0.2) is 43.7 Å². The number of likely N-dealkylation sites (N-methyl/N-ethyl adjacent to an activating group) is 1. The number of fused-ring (bicyclic) bond motifs is 3. The van der Waals surface area contributed by atoms with E-state index in [-0.39, 0.29) is 5.91 Å². The summed E-state index contributed by atoms with van der Waals surface area (Å²) < 4.78 is 1.67. The maximum Gasteiger partial charge on any atom is 0.246 e. The lowest BCUT2D eigenvalue weighted by Gasteiger charge is -2.30. The summed E-state index contributed by atoms with van der Waals surface area (Å²) in [5.41, 5.74) is 0.700. The Balaban J connectivity index is 1.58. The highest BCUT2D eigenvalue weighted by molar-refractivity contribution is 5.94. The molecule has 6 heteroatoms. The molecule has 1 fully saturated rings. The molecule has 6 nitrogen and oxygen atoms in total. The van der Waals surface area contributed by atoms with E-state index in [0.29, 0.717) is 17.5 Å². The van der Waals surface area contributed by atoms with Gasteiger partial charge in [0.05, 0.1) is 6.20 Å². The van der Waals surface area contributed by atoms with Gasteiger partial charge in [-0.2, -0.15) is 9.61 Å². The second-order valence-corrected chi connectivity index (χ2v) is 6.60. The van der Waals surface area contributed by atoms with E-state index in [0.717, 1.165) is 23.6 Å². The Morgan fingerprint density at radius 2 is 2.00 bits per heavy atom. The fourth-order valence-corrected chi connectivity index (χ4v) is 3.52. The fraction of sp³-hybridized carbons (Fsp3) is 0.368. The van der Waals surface area contributed by atoms with Gasteiger partial charge in [0.2, 0.25) is 5.91 Å². The normalized spacial score (nSPS) is 16.0. The Hall–Kier alpha value is -2.76. The van der Waals surface area contributed by atoms with E-state index in [9.17, 15) is 4.79 Å². The first-order chi connectivity index (χ1) is 12.2. The molecule has 0 spiro atoms. The molecular weight excluding hydrogens is 314 g/mol. The van der Waals surface area contributed by atoms with Crippen LogP contribution in [0.3, 0.4) is 0 Å². The Bertz CT molecular complexity index is 939. The molecule has 1 aliphatic carbocycles. The van der Waals surface area contributed by atoms with Crippen LogP contribution in [0.2, 0.25) is 0 Å². The van der Waals surface area contributed by atoms with Crippen molar-refractivity contribution in [3.8, 4) is 0 Å². The predicted octanol–water partition coefficient (Wildman–Crippen LogP) is 3.08. The molecule has 1 saturated carbocycles. The molecule has 25 heavy (non-hydrogen) atoms. The topological polar surface area (TPSA) is 63.4 Å². The van der Waals surface area contributed by atoms with E-state index in [1.165, 1.54) is 19.3 Å². The van der Waals surface area contributed by atoms with Crippen molar-refractivity contribution in [1.82, 2.24) is 24.7 Å². The number of aromatic nitrogens is 4. The summed E-state index contributed by atoms with van der Waals surface area (Å²) in [4.78, 5) is 14.3. The molecule has 0 bridgehead atoms. The number of hydrogen-bond acceptors (Lipinski definition) is 4. The number of carbonyl (C=O) groups is 1. The lowest BCUT2D eigenvalue weighted by molar-refractivity contribution is -0.127. The first kappa shape index (κ1) is 15.7. The minimum absolute atomic E-state index is 0.00411. The molecule has 1 aliphatic rings. The Kier molecular flexibility index (Phi) is 4.17. The summed E-state index contributed by atoms with van der Waals surface area (Å²) in [7, 11) is 1.89. The van der Waals surface area contributed by atoms with Crippen LogP contribution in [0, 0.1) is 0 Å². The fourth-order valence-electron chi connectivity index (χ4n) is 3.52. The highest BCUT2D eigenvalue weighted by Crippen LogP contribution is 2.22. The van der Waals surface area contributed by atoms with Crippen molar-refractivity contribution in [1.29, 1.82) is 0 Å². The van der Waals surface area contributed by atoms with Gasteiger partial charge < -0.3 is 4.90 Å². The minimum Gasteiger partial charge on any atom is -0.339 e. The second kappa shape index (κ2) is 6.63. The minimum atomic E-state index is 0.00411. The predicted molar refractivity (Wildman–Crippen MR) is 97.0 cm³/mol. The van der Waals surface area contributed by atoms with Crippen LogP contribution < -0.4 is 0 Å². The van der Waals surface area contributed by atoms with Crippen molar-refractivity contribution in [2.75, 3.05) is 7.05 Å². The third kappa shape index (κ3) is 2.99. The van der Waals surface area contributed by atoms with E-state index in [1.54, 1.807) is 22.9 Å². The van der Waals surface area contributed by atoms with E-state index in [1.807, 2.05) is 36.2 Å². The molecule has 1 aromatic carbocycles. The number of rotatable bonds is 3. The van der Waals surface area contributed by atoms with Crippen molar-refractivity contribution in [2.24, 2.45) is 0 Å². The van der Waals surface area contributed by atoms with Crippen molar-refractivity contribution in [3.05, 3.63) is 42.4 Å². The summed E-state index contributed by atoms with van der Waals surface area (Å²) in [6, 6.07) is 8.28. The van der Waals surface area contributed by atoms with Gasteiger partial charge in [-0.05, 0) is 18.9 Å². The molecule has 0 radical (unpaired) electrons. The van der Waals surface area contributed by atoms with Crippen LogP contribution in [0.15, 0.2) is 36.5 Å². The van der Waals surface area contributed by atoms with Gasteiger partial charge in [-0.15, -0.1) is 10.2 Å². The zero-order chi connectivity index (χ0) is 17.2. The zero-order valence-electron chi connectivity index (χ0n) is 14.3. The number of carbonyl (C=O) groups excluding carboxylic acids is 1. The molecule has 2 heterocycles. The van der Waals surface area contributed by atoms with E-state index >= 15 is 0 Å². The van der Waals surface area contributed by atoms with Crippen LogP contribution in [-0.2, 0) is 4.79 Å². The first-order valence-corrected chi connectivity index (χ1v) is 8.78. The van der Waals surface area contributed by atoms with Gasteiger partial charge in [-0.1, -0.05) is 43.5 Å². The van der Waals surface area contributed by atoms with Gasteiger partial charge in [-0.25, -0.2) is 0 Å². The van der Waals surface area contributed by atoms with Gasteiger partial charge in [0.15, 0.2) is 11.5 Å². The molecule has 3 aromatic rings. The highest BCUT2D eigenvalue weighted by Gasteiger charge is 2.20. The van der Waals surface area contributed by atoms with Gasteiger partial charge in [0.1, 0.15) is 0 Å². The highest BCUT2D eigenvalue weighted by atomic mass is 16.2. The third-order valence-electron chi connectivity index (χ3n) is 5.02. The number of amides is 1. The Morgan fingerprint density at radius 1 is 1.20 bits per heavy atom. The van der Waals surface area contributed by atoms with Crippen LogP contribution >= 0.6 is 0 Å². The number of benzene rings is 1. The molecule has 0 aliphatic heterocycles. The van der Waals surface area contributed by atoms with Crippen LogP contribution in [0.25, 0.3) is 22.5 Å². The van der Waals surface area contributed by atoms with E-state index < -0.39 is 0 Å². The summed E-state index contributed by atoms with van der Waals surface area (Å²) in [6.07, 6.45) is 10.9. The summed E-state index contributed by atoms with van der Waals surface area (Å²) >= 11 is 0. The van der Waals surface area contributed by atoms with Crippen LogP contribution in [0.1, 0.15) is 37.9 Å². The monoisotopic (exact) mass is 335 g/mol. The third-order valence-corrected chi connectivity index (χ3v) is 5.02. The van der Waals surface area contributed by atoms with Gasteiger partial charge in [0, 0.05) is 29.9 Å². The summed E-state index contributed by atoms with van der Waals surface area (Å²) in [5, 5.41) is 14.8. The van der Waals surface area contributed by atoms with Crippen molar-refractivity contribution < 1.29 is 4.79 Å². The Morgan fingerprint density at radius 3 is 2.84 bits per heavy atom. The molecule has 0 N–H and O–H groups in total. The number of nitrogens with zero attached hydrogens (tertiary/aromatic N) is 5. The molecule has 128 valence electrons. The summed E-state index contributed by atoms with van der Waals surface area (Å²) in [6.45, 7) is 0. The van der Waals surface area contributed by atoms with Crippen molar-refractivity contribution >= 4 is 28.4 Å². The molecule has 0 atom stereocenters. The van der Waals surface area contributed by atoms with Gasteiger partial charge >= 0.3 is 0 Å². The standard InChI is InChI=1S/C19H21N5O/c1-23(15-8-3-2-4-9-15)18(25)12-11-17-21-22-19-16-10-6-5-7-14(16)13-20-24(17)19/h5-7,10-13,15H,2-4,8-9H2,1H3/b12-11+. The van der Waals surface area contributed by atoms with Gasteiger partial charge in [-0.3, -0.25) is 4.79 Å². The maximum atomic E-state index is 12.4. The van der Waals surface area contributed by atoms with Crippen molar-refractivity contribution in [3.63, 3.8) is 0 Å². The van der Waals surface area contributed by atoms with Crippen LogP contribution in [0.5, 0.6) is 0 Å². The van der Waals surface area contributed by atoms with E-state index in [4.69, 9.17) is 0 Å². The van der Waals surface area contributed by atoms with Crippen molar-refractivity contribution in [2.45, 2.75) is 38.1 Å². The number of hydrogen-bond donors (Lipinski definition) is 0. The zero-order valence-corrected chi connectivity index (χ0v) is 14.3. The first-order valence-electron chi connectivity index (χ1n) is 8.78. The summed E-state index contributed by atoms with van der Waals surface area (Å²) in [5.74, 6) is 0.565. The van der Waals surface area contributed by atoms with Gasteiger partial charge in [0.25, 0.3) is 0 Å². The van der Waals surface area contributed by atoms with Crippen LogP contribution in [0.4, 0.5) is 0 Å². The molecule has 2 aromatic heterocycles. The smallest absolute Gasteiger partial charge is 0.246 e. The maximum absolute atomic E-state index is 12.4. The average Bonchev–Trinajstić information content (AvgIpc) is 3.09. The largest absolute Gasteiger partial charge is 0.339 e. The van der Waals surface area contributed by atoms with E-state index in [2.05, 4.69) is 15.3 Å². The molecule has 0 saturated heterocycles.